The number of rotatable bonds is 5. The summed E-state index contributed by atoms with van der Waals surface area (Å²) in [5, 5.41) is 10.6. The predicted molar refractivity (Wildman–Crippen MR) is 67.2 cm³/mol. The van der Waals surface area contributed by atoms with Gasteiger partial charge in [-0.25, -0.2) is 0 Å². The van der Waals surface area contributed by atoms with Gasteiger partial charge in [0.2, 0.25) is 0 Å². The van der Waals surface area contributed by atoms with Crippen LogP contribution in [-0.2, 0) is 0 Å². The van der Waals surface area contributed by atoms with E-state index in [1.807, 2.05) is 12.1 Å². The maximum absolute atomic E-state index is 12.2. The van der Waals surface area contributed by atoms with Crippen molar-refractivity contribution in [1.29, 1.82) is 0 Å². The topological polar surface area (TPSA) is 46.4 Å². The summed E-state index contributed by atoms with van der Waals surface area (Å²) < 4.78 is 14.2. The zero-order valence-corrected chi connectivity index (χ0v) is 12.8. The van der Waals surface area contributed by atoms with Gasteiger partial charge in [-0.1, -0.05) is 0 Å². The summed E-state index contributed by atoms with van der Waals surface area (Å²) in [6, 6.07) is 6.96. The summed E-state index contributed by atoms with van der Waals surface area (Å²) >= 11 is -0.0992. The Morgan fingerprint density at radius 2 is 1.95 bits per heavy atom. The number of nitro groups is 1. The maximum atomic E-state index is 12.2. The molecule has 0 amide bonds. The van der Waals surface area contributed by atoms with Crippen LogP contribution in [0.5, 0.6) is 0 Å². The SMILES string of the molecule is O=[N+]([O-])c1ccc([I-]C2CCN(CCF)CC2)cc1. The summed E-state index contributed by atoms with van der Waals surface area (Å²) in [4.78, 5) is 12.4. The van der Waals surface area contributed by atoms with Gasteiger partial charge in [-0.15, -0.1) is 0 Å². The average molecular weight is 379 g/mol. The zero-order valence-electron chi connectivity index (χ0n) is 10.6. The van der Waals surface area contributed by atoms with Crippen molar-refractivity contribution in [2.24, 2.45) is 0 Å². The molecule has 0 atom stereocenters. The Morgan fingerprint density at radius 1 is 1.32 bits per heavy atom. The number of non-ortho nitro benzene ring substituents is 1. The van der Waals surface area contributed by atoms with E-state index < -0.39 is 0 Å². The first-order valence-corrected chi connectivity index (χ1v) is 8.67. The minimum atomic E-state index is -0.364. The number of nitro benzene ring substituents is 1. The second-order valence-corrected chi connectivity index (χ2v) is 8.18. The summed E-state index contributed by atoms with van der Waals surface area (Å²) in [5.41, 5.74) is 0.158. The first-order valence-electron chi connectivity index (χ1n) is 6.35. The van der Waals surface area contributed by atoms with Gasteiger partial charge in [0.25, 0.3) is 0 Å². The summed E-state index contributed by atoms with van der Waals surface area (Å²) in [7, 11) is 0. The number of piperidine rings is 1. The number of alkyl halides is 2. The van der Waals surface area contributed by atoms with Crippen LogP contribution in [0, 0.1) is 13.7 Å². The van der Waals surface area contributed by atoms with Crippen molar-refractivity contribution in [2.75, 3.05) is 26.3 Å². The molecule has 0 bridgehead atoms. The van der Waals surface area contributed by atoms with Crippen molar-refractivity contribution in [3.05, 3.63) is 37.9 Å². The van der Waals surface area contributed by atoms with Gasteiger partial charge < -0.3 is 0 Å². The van der Waals surface area contributed by atoms with E-state index in [4.69, 9.17) is 0 Å². The molecule has 1 heterocycles. The molecular formula is C13H17FIN2O2-. The molecule has 1 aliphatic heterocycles. The molecule has 106 valence electrons. The van der Waals surface area contributed by atoms with Crippen LogP contribution < -0.4 is 21.2 Å². The van der Waals surface area contributed by atoms with Gasteiger partial charge in [-0.3, -0.25) is 0 Å². The van der Waals surface area contributed by atoms with Crippen LogP contribution in [0.4, 0.5) is 10.1 Å². The van der Waals surface area contributed by atoms with Crippen molar-refractivity contribution in [1.82, 2.24) is 4.90 Å². The van der Waals surface area contributed by atoms with E-state index in [9.17, 15) is 14.5 Å². The van der Waals surface area contributed by atoms with Crippen LogP contribution in [0.1, 0.15) is 12.8 Å². The fraction of sp³-hybridized carbons (Fsp3) is 0.538. The summed E-state index contributed by atoms with van der Waals surface area (Å²) in [6.45, 7) is 2.27. The van der Waals surface area contributed by atoms with E-state index >= 15 is 0 Å². The molecule has 0 aromatic heterocycles. The van der Waals surface area contributed by atoms with Crippen molar-refractivity contribution in [3.8, 4) is 0 Å². The van der Waals surface area contributed by atoms with Crippen LogP contribution in [-0.4, -0.2) is 40.1 Å². The van der Waals surface area contributed by atoms with Crippen LogP contribution in [0.15, 0.2) is 24.3 Å². The number of likely N-dealkylation sites (tertiary alicyclic amines) is 1. The molecule has 4 nitrogen and oxygen atoms in total. The Hall–Kier alpha value is -0.760. The number of hydrogen-bond donors (Lipinski definition) is 0. The van der Waals surface area contributed by atoms with Crippen LogP contribution in [0.3, 0.4) is 0 Å². The van der Waals surface area contributed by atoms with Gasteiger partial charge in [-0.05, 0) is 0 Å². The second-order valence-electron chi connectivity index (χ2n) is 4.55. The summed E-state index contributed by atoms with van der Waals surface area (Å²) in [5.74, 6) is 0. The first-order chi connectivity index (χ1) is 9.19. The molecule has 1 aliphatic rings. The van der Waals surface area contributed by atoms with Gasteiger partial charge in [0.05, 0.1) is 0 Å². The molecule has 1 fully saturated rings. The molecule has 1 aromatic carbocycles. The second kappa shape index (κ2) is 7.14. The van der Waals surface area contributed by atoms with Crippen LogP contribution in [0.2, 0.25) is 0 Å². The molecule has 0 spiro atoms. The van der Waals surface area contributed by atoms with E-state index in [0.717, 1.165) is 29.9 Å². The van der Waals surface area contributed by atoms with Crippen LogP contribution in [0.25, 0.3) is 0 Å². The third-order valence-corrected chi connectivity index (χ3v) is 6.80. The minimum absolute atomic E-state index is 0.0992. The third kappa shape index (κ3) is 4.38. The van der Waals surface area contributed by atoms with Gasteiger partial charge in [0.15, 0.2) is 0 Å². The molecule has 6 heteroatoms. The number of hydrogen-bond acceptors (Lipinski definition) is 3. The number of halogens is 2. The fourth-order valence-corrected chi connectivity index (χ4v) is 5.14. The number of nitrogens with zero attached hydrogens (tertiary/aromatic N) is 2. The Morgan fingerprint density at radius 3 is 2.47 bits per heavy atom. The monoisotopic (exact) mass is 379 g/mol. The molecule has 0 aliphatic carbocycles. The van der Waals surface area contributed by atoms with Crippen molar-refractivity contribution >= 4 is 5.69 Å². The quantitative estimate of drug-likeness (QED) is 0.294. The summed E-state index contributed by atoms with van der Waals surface area (Å²) in [6.07, 6.45) is 2.26. The van der Waals surface area contributed by atoms with Crippen molar-refractivity contribution in [2.45, 2.75) is 16.8 Å². The van der Waals surface area contributed by atoms with E-state index in [0.29, 0.717) is 6.54 Å². The normalized spacial score (nSPS) is 17.7. The Kier molecular flexibility index (Phi) is 5.50. The standard InChI is InChI=1S/C13H17FIN2O2/c14-7-10-16-8-5-12(6-9-16)15-11-1-3-13(4-2-11)17(18)19/h1-4,12H,5-10H2/q-1. The van der Waals surface area contributed by atoms with Gasteiger partial charge in [0.1, 0.15) is 0 Å². The van der Waals surface area contributed by atoms with Gasteiger partial charge in [0, 0.05) is 0 Å². The Labute approximate surface area is 122 Å². The van der Waals surface area contributed by atoms with Gasteiger partial charge in [-0.2, -0.15) is 0 Å². The van der Waals surface area contributed by atoms with Gasteiger partial charge >= 0.3 is 122 Å². The molecule has 2 rings (SSSR count). The van der Waals surface area contributed by atoms with E-state index in [1.165, 1.54) is 3.57 Å². The van der Waals surface area contributed by atoms with E-state index in [2.05, 4.69) is 4.90 Å². The van der Waals surface area contributed by atoms with E-state index in [-0.39, 0.29) is 38.5 Å². The molecular weight excluding hydrogens is 362 g/mol. The predicted octanol–water partition coefficient (Wildman–Crippen LogP) is -0.713. The first kappa shape index (κ1) is 14.6. The van der Waals surface area contributed by atoms with E-state index in [1.54, 1.807) is 12.1 Å². The van der Waals surface area contributed by atoms with Crippen LogP contribution >= 0.6 is 0 Å². The molecule has 0 unspecified atom stereocenters. The molecule has 1 aromatic rings. The molecule has 0 N–H and O–H groups in total. The molecule has 19 heavy (non-hydrogen) atoms. The third-order valence-electron chi connectivity index (χ3n) is 3.24. The van der Waals surface area contributed by atoms with Crippen molar-refractivity contribution < 1.29 is 30.5 Å². The Balaban J connectivity index is 1.83. The van der Waals surface area contributed by atoms with Crippen molar-refractivity contribution in [3.63, 3.8) is 0 Å². The Bertz CT molecular complexity index is 419. The molecule has 0 saturated carbocycles. The fourth-order valence-electron chi connectivity index (χ4n) is 2.17. The average Bonchev–Trinajstić information content (AvgIpc) is 2.42. The zero-order chi connectivity index (χ0) is 13.7. The molecule has 1 saturated heterocycles. The molecule has 0 radical (unpaired) electrons. The number of benzene rings is 1.